The second kappa shape index (κ2) is 5.58. The Bertz CT molecular complexity index is 856. The van der Waals surface area contributed by atoms with Gasteiger partial charge in [-0.3, -0.25) is 4.79 Å². The number of carbonyl (C=O) groups is 1. The summed E-state index contributed by atoms with van der Waals surface area (Å²) in [6, 6.07) is 11.6. The van der Waals surface area contributed by atoms with Crippen molar-refractivity contribution in [2.24, 2.45) is 0 Å². The zero-order chi connectivity index (χ0) is 16.6. The third kappa shape index (κ3) is 3.14. The number of aromatic nitrogens is 2. The van der Waals surface area contributed by atoms with Crippen molar-refractivity contribution in [2.45, 2.75) is 6.18 Å². The molecule has 1 heterocycles. The normalized spacial score (nSPS) is 11.7. The number of benzene rings is 2. The van der Waals surface area contributed by atoms with Gasteiger partial charge < -0.3 is 10.3 Å². The quantitative estimate of drug-likeness (QED) is 0.727. The fraction of sp³-hybridized carbons (Fsp3) is 0.0667. The molecular weight excluding hydrogens is 331 g/mol. The minimum Gasteiger partial charge on any atom is -0.338 e. The maximum atomic E-state index is 12.4. The van der Waals surface area contributed by atoms with Crippen LogP contribution in [0.1, 0.15) is 0 Å². The highest BCUT2D eigenvalue weighted by molar-refractivity contribution is 6.33. The van der Waals surface area contributed by atoms with Crippen molar-refractivity contribution in [3.05, 3.63) is 47.5 Å². The number of anilines is 1. The number of amides is 1. The second-order valence-corrected chi connectivity index (χ2v) is 5.16. The molecule has 118 valence electrons. The van der Waals surface area contributed by atoms with E-state index >= 15 is 0 Å². The Morgan fingerprint density at radius 1 is 1.17 bits per heavy atom. The van der Waals surface area contributed by atoms with Crippen LogP contribution in [0.15, 0.2) is 42.5 Å². The first-order chi connectivity index (χ1) is 10.8. The minimum atomic E-state index is -4.99. The SMILES string of the molecule is O=C(Nc1cc(-c2nc3ccccc3[nH]2)ccc1Cl)C(F)(F)F. The Morgan fingerprint density at radius 2 is 1.91 bits per heavy atom. The summed E-state index contributed by atoms with van der Waals surface area (Å²) in [6.45, 7) is 0. The predicted octanol–water partition coefficient (Wildman–Crippen LogP) is 4.38. The number of nitrogens with one attached hydrogen (secondary N) is 2. The number of hydrogen-bond acceptors (Lipinski definition) is 2. The molecule has 23 heavy (non-hydrogen) atoms. The summed E-state index contributed by atoms with van der Waals surface area (Å²) in [5.74, 6) is -1.62. The first-order valence-electron chi connectivity index (χ1n) is 6.47. The van der Waals surface area contributed by atoms with E-state index < -0.39 is 12.1 Å². The van der Waals surface area contributed by atoms with E-state index in [1.54, 1.807) is 17.4 Å². The van der Waals surface area contributed by atoms with Crippen LogP contribution in [0.4, 0.5) is 18.9 Å². The molecule has 1 aromatic heterocycles. The third-order valence-electron chi connectivity index (χ3n) is 3.13. The van der Waals surface area contributed by atoms with Crippen LogP contribution in [0.2, 0.25) is 5.02 Å². The van der Waals surface area contributed by atoms with Gasteiger partial charge in [0.15, 0.2) is 0 Å². The largest absolute Gasteiger partial charge is 0.471 e. The highest BCUT2D eigenvalue weighted by Gasteiger charge is 2.39. The molecule has 0 unspecified atom stereocenters. The standard InChI is InChI=1S/C15H9ClF3N3O/c16-9-6-5-8(7-12(9)22-14(23)15(17,18)19)13-20-10-3-1-2-4-11(10)21-13/h1-7H,(H,20,21)(H,22,23). The van der Waals surface area contributed by atoms with E-state index in [1.165, 1.54) is 12.1 Å². The summed E-state index contributed by atoms with van der Waals surface area (Å²) in [5.41, 5.74) is 1.88. The van der Waals surface area contributed by atoms with Crippen LogP contribution in [0.25, 0.3) is 22.4 Å². The van der Waals surface area contributed by atoms with Crippen LogP contribution in [0.3, 0.4) is 0 Å². The first kappa shape index (κ1) is 15.4. The summed E-state index contributed by atoms with van der Waals surface area (Å²) in [6.07, 6.45) is -4.99. The fourth-order valence-corrected chi connectivity index (χ4v) is 2.22. The van der Waals surface area contributed by atoms with Crippen molar-refractivity contribution in [1.82, 2.24) is 9.97 Å². The van der Waals surface area contributed by atoms with Gasteiger partial charge >= 0.3 is 12.1 Å². The molecule has 4 nitrogen and oxygen atoms in total. The molecule has 0 saturated carbocycles. The van der Waals surface area contributed by atoms with Crippen LogP contribution in [0, 0.1) is 0 Å². The number of nitrogens with zero attached hydrogens (tertiary/aromatic N) is 1. The molecule has 0 aliphatic rings. The summed E-state index contributed by atoms with van der Waals surface area (Å²) >= 11 is 5.84. The number of hydrogen-bond donors (Lipinski definition) is 2. The summed E-state index contributed by atoms with van der Waals surface area (Å²) in [7, 11) is 0. The Morgan fingerprint density at radius 3 is 2.61 bits per heavy atom. The van der Waals surface area contributed by atoms with Gasteiger partial charge in [-0.05, 0) is 30.3 Å². The fourth-order valence-electron chi connectivity index (χ4n) is 2.05. The zero-order valence-electron chi connectivity index (χ0n) is 11.4. The molecule has 0 aliphatic carbocycles. The van der Waals surface area contributed by atoms with Crippen LogP contribution in [0.5, 0.6) is 0 Å². The van der Waals surface area contributed by atoms with E-state index in [-0.39, 0.29) is 10.7 Å². The lowest BCUT2D eigenvalue weighted by Gasteiger charge is -2.10. The van der Waals surface area contributed by atoms with Crippen LogP contribution < -0.4 is 5.32 Å². The van der Waals surface area contributed by atoms with Gasteiger partial charge in [0.2, 0.25) is 0 Å². The van der Waals surface area contributed by atoms with Crippen LogP contribution in [-0.2, 0) is 4.79 Å². The maximum Gasteiger partial charge on any atom is 0.471 e. The molecule has 3 rings (SSSR count). The number of H-pyrrole nitrogens is 1. The van der Waals surface area contributed by atoms with Crippen LogP contribution >= 0.6 is 11.6 Å². The van der Waals surface area contributed by atoms with Gasteiger partial charge in [-0.1, -0.05) is 23.7 Å². The number of carbonyl (C=O) groups excluding carboxylic acids is 1. The Labute approximate surface area is 133 Å². The molecule has 0 fully saturated rings. The lowest BCUT2D eigenvalue weighted by Crippen LogP contribution is -2.30. The van der Waals surface area contributed by atoms with Crippen molar-refractivity contribution < 1.29 is 18.0 Å². The van der Waals surface area contributed by atoms with E-state index in [0.29, 0.717) is 11.4 Å². The molecule has 1 amide bonds. The van der Waals surface area contributed by atoms with Crippen molar-refractivity contribution in [1.29, 1.82) is 0 Å². The summed E-state index contributed by atoms with van der Waals surface area (Å²) in [5, 5.41) is 1.76. The third-order valence-corrected chi connectivity index (χ3v) is 3.46. The smallest absolute Gasteiger partial charge is 0.338 e. The van der Waals surface area contributed by atoms with Gasteiger partial charge in [0.05, 0.1) is 21.7 Å². The molecule has 0 spiro atoms. The number of imidazole rings is 1. The van der Waals surface area contributed by atoms with Crippen LogP contribution in [-0.4, -0.2) is 22.1 Å². The highest BCUT2D eigenvalue weighted by Crippen LogP contribution is 2.30. The van der Waals surface area contributed by atoms with E-state index in [2.05, 4.69) is 9.97 Å². The Balaban J connectivity index is 1.98. The molecule has 3 aromatic rings. The van der Waals surface area contributed by atoms with Crippen molar-refractivity contribution in [3.63, 3.8) is 0 Å². The highest BCUT2D eigenvalue weighted by atomic mass is 35.5. The molecule has 0 radical (unpaired) electrons. The molecule has 2 N–H and O–H groups in total. The number of aromatic amines is 1. The number of rotatable bonds is 2. The molecule has 8 heteroatoms. The molecule has 0 bridgehead atoms. The van der Waals surface area contributed by atoms with Gasteiger partial charge in [-0.15, -0.1) is 0 Å². The molecular formula is C15H9ClF3N3O. The average Bonchev–Trinajstić information content (AvgIpc) is 2.92. The second-order valence-electron chi connectivity index (χ2n) is 4.75. The number of halogens is 4. The summed E-state index contributed by atoms with van der Waals surface area (Å²) < 4.78 is 37.1. The maximum absolute atomic E-state index is 12.4. The minimum absolute atomic E-state index is 0.00228. The van der Waals surface area contributed by atoms with E-state index in [0.717, 1.165) is 11.0 Å². The van der Waals surface area contributed by atoms with Gasteiger partial charge in [0.25, 0.3) is 0 Å². The predicted molar refractivity (Wildman–Crippen MR) is 81.2 cm³/mol. The van der Waals surface area contributed by atoms with Crippen molar-refractivity contribution >= 4 is 34.2 Å². The monoisotopic (exact) mass is 339 g/mol. The zero-order valence-corrected chi connectivity index (χ0v) is 12.2. The van der Waals surface area contributed by atoms with Crippen molar-refractivity contribution in [2.75, 3.05) is 5.32 Å². The molecule has 2 aromatic carbocycles. The van der Waals surface area contributed by atoms with Gasteiger partial charge in [0.1, 0.15) is 5.82 Å². The number of alkyl halides is 3. The Kier molecular flexibility index (Phi) is 3.73. The Hall–Kier alpha value is -2.54. The first-order valence-corrected chi connectivity index (χ1v) is 6.85. The van der Waals surface area contributed by atoms with Gasteiger partial charge in [0, 0.05) is 5.56 Å². The molecule has 0 aliphatic heterocycles. The number of fused-ring (bicyclic) bond motifs is 1. The lowest BCUT2D eigenvalue weighted by molar-refractivity contribution is -0.167. The average molecular weight is 340 g/mol. The van der Waals surface area contributed by atoms with E-state index in [4.69, 9.17) is 11.6 Å². The van der Waals surface area contributed by atoms with E-state index in [9.17, 15) is 18.0 Å². The van der Waals surface area contributed by atoms with Gasteiger partial charge in [-0.25, -0.2) is 4.98 Å². The summed E-state index contributed by atoms with van der Waals surface area (Å²) in [4.78, 5) is 18.5. The molecule has 0 saturated heterocycles. The lowest BCUT2D eigenvalue weighted by atomic mass is 10.2. The molecule has 0 atom stereocenters. The van der Waals surface area contributed by atoms with Crippen molar-refractivity contribution in [3.8, 4) is 11.4 Å². The van der Waals surface area contributed by atoms with Gasteiger partial charge in [-0.2, -0.15) is 13.2 Å². The van der Waals surface area contributed by atoms with E-state index in [1.807, 2.05) is 18.2 Å². The number of para-hydroxylation sites is 2. The topological polar surface area (TPSA) is 57.8 Å².